The number of rotatable bonds is 18. The van der Waals surface area contributed by atoms with Crippen LogP contribution in [0.15, 0.2) is 36.4 Å². The fourth-order valence-electron chi connectivity index (χ4n) is 3.99. The van der Waals surface area contributed by atoms with E-state index in [-0.39, 0.29) is 11.9 Å². The van der Waals surface area contributed by atoms with Crippen LogP contribution in [0.4, 0.5) is 0 Å². The van der Waals surface area contributed by atoms with Crippen molar-refractivity contribution in [2.45, 2.75) is 70.3 Å². The van der Waals surface area contributed by atoms with Crippen LogP contribution in [-0.2, 0) is 19.1 Å². The Kier molecular flexibility index (Phi) is 9.79. The molecule has 1 aromatic rings. The first-order valence-electron chi connectivity index (χ1n) is 12.4. The summed E-state index contributed by atoms with van der Waals surface area (Å²) in [4.78, 5) is 23.1. The molecule has 0 bridgehead atoms. The molecule has 0 N–H and O–H groups in total. The summed E-state index contributed by atoms with van der Waals surface area (Å²) in [6, 6.07) is 7.60. The Morgan fingerprint density at radius 1 is 1.12 bits per heavy atom. The average molecular weight is 459 g/mol. The van der Waals surface area contributed by atoms with E-state index < -0.39 is 5.60 Å². The third-order valence-corrected chi connectivity index (χ3v) is 6.38. The largest absolute Gasteiger partial charge is 0.494 e. The van der Waals surface area contributed by atoms with E-state index in [0.29, 0.717) is 32.3 Å². The van der Waals surface area contributed by atoms with Gasteiger partial charge in [-0.3, -0.25) is 0 Å². The van der Waals surface area contributed by atoms with Gasteiger partial charge in [-0.1, -0.05) is 37.8 Å². The smallest absolute Gasteiger partial charge is 0.340 e. The first-order valence-corrected chi connectivity index (χ1v) is 12.4. The second-order valence-corrected chi connectivity index (χ2v) is 9.20. The Morgan fingerprint density at radius 2 is 1.73 bits per heavy atom. The highest BCUT2D eigenvalue weighted by atomic mass is 16.6. The lowest BCUT2D eigenvalue weighted by Gasteiger charge is -2.12. The molecule has 2 aliphatic rings. The summed E-state index contributed by atoms with van der Waals surface area (Å²) in [7, 11) is 0. The maximum Gasteiger partial charge on any atom is 0.340 e. The standard InChI is InChI=1S/C27H38O6/c1-3-30-26(29)27(20-33-27)14-8-6-4-5-7-9-15-31-24-10-12-25(13-11-24)32-19-22(18-28)17-23-16-21(23)2/h10-13,18,22-23H,2-9,14-17,19-20H2,1H3. The van der Waals surface area contributed by atoms with Gasteiger partial charge in [-0.2, -0.15) is 0 Å². The number of unbranched alkanes of at least 4 members (excludes halogenated alkanes) is 5. The summed E-state index contributed by atoms with van der Waals surface area (Å²) < 4.78 is 22.0. The van der Waals surface area contributed by atoms with Crippen LogP contribution in [0.25, 0.3) is 0 Å². The van der Waals surface area contributed by atoms with Gasteiger partial charge in [0.25, 0.3) is 0 Å². The van der Waals surface area contributed by atoms with E-state index in [1.165, 1.54) is 5.57 Å². The van der Waals surface area contributed by atoms with E-state index in [4.69, 9.17) is 18.9 Å². The summed E-state index contributed by atoms with van der Waals surface area (Å²) in [5, 5.41) is 0. The Hall–Kier alpha value is -2.34. The molecule has 1 aromatic carbocycles. The zero-order valence-corrected chi connectivity index (χ0v) is 19.9. The van der Waals surface area contributed by atoms with Crippen LogP contribution in [0, 0.1) is 11.8 Å². The fraction of sp³-hybridized carbons (Fsp3) is 0.630. The van der Waals surface area contributed by atoms with Gasteiger partial charge in [-0.15, -0.1) is 0 Å². The predicted octanol–water partition coefficient (Wildman–Crippen LogP) is 5.29. The molecule has 1 heterocycles. The lowest BCUT2D eigenvalue weighted by molar-refractivity contribution is -0.149. The quantitative estimate of drug-likeness (QED) is 0.0978. The number of ether oxygens (including phenoxy) is 4. The molecule has 182 valence electrons. The summed E-state index contributed by atoms with van der Waals surface area (Å²) in [6.07, 6.45) is 10.2. The number of benzene rings is 1. The number of esters is 1. The molecule has 3 rings (SSSR count). The van der Waals surface area contributed by atoms with Crippen LogP contribution in [0.1, 0.15) is 64.7 Å². The molecule has 1 aliphatic heterocycles. The van der Waals surface area contributed by atoms with Crippen molar-refractivity contribution in [3.63, 3.8) is 0 Å². The predicted molar refractivity (Wildman–Crippen MR) is 126 cm³/mol. The fourth-order valence-corrected chi connectivity index (χ4v) is 3.99. The number of hydrogen-bond acceptors (Lipinski definition) is 6. The minimum Gasteiger partial charge on any atom is -0.494 e. The van der Waals surface area contributed by atoms with Crippen LogP contribution >= 0.6 is 0 Å². The van der Waals surface area contributed by atoms with Crippen LogP contribution in [-0.4, -0.2) is 44.3 Å². The molecule has 3 atom stereocenters. The SMILES string of the molecule is C=C1CC1CC(C=O)COc1ccc(OCCCCCCCCC2(C(=O)OCC)CO2)cc1. The summed E-state index contributed by atoms with van der Waals surface area (Å²) in [6.45, 7) is 7.78. The van der Waals surface area contributed by atoms with Crippen LogP contribution in [0.5, 0.6) is 11.5 Å². The third-order valence-electron chi connectivity index (χ3n) is 6.38. The van der Waals surface area contributed by atoms with Crippen molar-refractivity contribution < 1.29 is 28.5 Å². The highest BCUT2D eigenvalue weighted by Gasteiger charge is 2.52. The van der Waals surface area contributed by atoms with Gasteiger partial charge in [-0.25, -0.2) is 4.79 Å². The van der Waals surface area contributed by atoms with Crippen molar-refractivity contribution in [3.05, 3.63) is 36.4 Å². The van der Waals surface area contributed by atoms with Gasteiger partial charge in [0.2, 0.25) is 0 Å². The molecule has 0 amide bonds. The third kappa shape index (κ3) is 8.50. The molecule has 6 heteroatoms. The molecule has 33 heavy (non-hydrogen) atoms. The lowest BCUT2D eigenvalue weighted by Crippen LogP contribution is -2.27. The topological polar surface area (TPSA) is 74.4 Å². The van der Waals surface area contributed by atoms with Crippen molar-refractivity contribution >= 4 is 12.3 Å². The van der Waals surface area contributed by atoms with Gasteiger partial charge < -0.3 is 23.7 Å². The minimum atomic E-state index is -0.632. The highest BCUT2D eigenvalue weighted by molar-refractivity contribution is 5.82. The van der Waals surface area contributed by atoms with Crippen molar-refractivity contribution in [1.29, 1.82) is 0 Å². The summed E-state index contributed by atoms with van der Waals surface area (Å²) in [5.41, 5.74) is 0.614. The highest BCUT2D eigenvalue weighted by Crippen LogP contribution is 2.40. The molecule has 1 saturated heterocycles. The van der Waals surface area contributed by atoms with Gasteiger partial charge in [0.1, 0.15) is 17.8 Å². The number of allylic oxidation sites excluding steroid dienone is 1. The molecule has 3 unspecified atom stereocenters. The molecule has 0 radical (unpaired) electrons. The maximum absolute atomic E-state index is 11.8. The van der Waals surface area contributed by atoms with Crippen LogP contribution in [0.2, 0.25) is 0 Å². The van der Waals surface area contributed by atoms with Gasteiger partial charge in [0, 0.05) is 5.92 Å². The zero-order valence-electron chi connectivity index (χ0n) is 19.9. The van der Waals surface area contributed by atoms with Gasteiger partial charge in [-0.05, 0) is 69.2 Å². The number of hydrogen-bond donors (Lipinski definition) is 0. The summed E-state index contributed by atoms with van der Waals surface area (Å²) in [5.74, 6) is 1.81. The van der Waals surface area contributed by atoms with E-state index in [1.807, 2.05) is 31.2 Å². The Balaban J connectivity index is 1.18. The van der Waals surface area contributed by atoms with Crippen LogP contribution < -0.4 is 9.47 Å². The van der Waals surface area contributed by atoms with Gasteiger partial charge >= 0.3 is 5.97 Å². The molecule has 6 nitrogen and oxygen atoms in total. The van der Waals surface area contributed by atoms with E-state index in [0.717, 1.165) is 75.6 Å². The lowest BCUT2D eigenvalue weighted by atomic mass is 10.0. The van der Waals surface area contributed by atoms with E-state index in [9.17, 15) is 9.59 Å². The molecule has 1 aliphatic carbocycles. The number of carbonyl (C=O) groups excluding carboxylic acids is 2. The first-order chi connectivity index (χ1) is 16.1. The normalized spacial score (nSPS) is 21.8. The molecular formula is C27H38O6. The summed E-state index contributed by atoms with van der Waals surface area (Å²) >= 11 is 0. The van der Waals surface area contributed by atoms with Crippen molar-refractivity contribution in [3.8, 4) is 11.5 Å². The van der Waals surface area contributed by atoms with Gasteiger partial charge in [0.15, 0.2) is 5.60 Å². The molecule has 1 saturated carbocycles. The molecule has 2 fully saturated rings. The molecular weight excluding hydrogens is 420 g/mol. The number of carbonyl (C=O) groups is 2. The van der Waals surface area contributed by atoms with Crippen molar-refractivity contribution in [2.24, 2.45) is 11.8 Å². The number of aldehydes is 1. The monoisotopic (exact) mass is 458 g/mol. The molecule has 0 spiro atoms. The van der Waals surface area contributed by atoms with Crippen molar-refractivity contribution in [1.82, 2.24) is 0 Å². The number of epoxide rings is 1. The van der Waals surface area contributed by atoms with Crippen LogP contribution in [0.3, 0.4) is 0 Å². The average Bonchev–Trinajstić information content (AvgIpc) is 3.74. The van der Waals surface area contributed by atoms with E-state index in [1.54, 1.807) is 0 Å². The Labute approximate surface area is 197 Å². The van der Waals surface area contributed by atoms with E-state index in [2.05, 4.69) is 6.58 Å². The van der Waals surface area contributed by atoms with Crippen molar-refractivity contribution in [2.75, 3.05) is 26.4 Å². The second-order valence-electron chi connectivity index (χ2n) is 9.20. The Morgan fingerprint density at radius 3 is 2.30 bits per heavy atom. The van der Waals surface area contributed by atoms with E-state index >= 15 is 0 Å². The van der Waals surface area contributed by atoms with Gasteiger partial charge in [0.05, 0.1) is 26.4 Å². The Bertz CT molecular complexity index is 767. The first kappa shape index (κ1) is 25.3. The zero-order chi connectivity index (χ0) is 23.5. The second kappa shape index (κ2) is 12.8. The molecule has 0 aromatic heterocycles. The maximum atomic E-state index is 11.8. The minimum absolute atomic E-state index is 0.0779.